The first kappa shape index (κ1) is 10.8. The maximum absolute atomic E-state index is 11.9. The molecular formula is C10H10N2O3S. The van der Waals surface area contributed by atoms with Gasteiger partial charge in [-0.05, 0) is 37.0 Å². The molecule has 16 heavy (non-hydrogen) atoms. The van der Waals surface area contributed by atoms with Crippen LogP contribution in [0.15, 0.2) is 10.9 Å². The van der Waals surface area contributed by atoms with Gasteiger partial charge in [-0.2, -0.15) is 3.96 Å². The van der Waals surface area contributed by atoms with Gasteiger partial charge < -0.3 is 4.74 Å². The number of carbonyl (C=O) groups excluding carboxylic acids is 1. The van der Waals surface area contributed by atoms with Crippen molar-refractivity contribution in [1.29, 1.82) is 0 Å². The first-order valence-corrected chi connectivity index (χ1v) is 5.40. The molecule has 0 radical (unpaired) electrons. The maximum atomic E-state index is 11.9. The molecule has 0 aliphatic heterocycles. The van der Waals surface area contributed by atoms with Crippen molar-refractivity contribution in [3.05, 3.63) is 27.7 Å². The molecule has 2 heterocycles. The molecular weight excluding hydrogens is 228 g/mol. The minimum atomic E-state index is -0.676. The van der Waals surface area contributed by atoms with E-state index in [1.807, 2.05) is 19.9 Å². The Morgan fingerprint density at radius 2 is 2.19 bits per heavy atom. The molecule has 0 amide bonds. The number of ether oxygens (including phenoxy) is 1. The second-order valence-corrected chi connectivity index (χ2v) is 4.36. The molecule has 0 N–H and O–H groups in total. The van der Waals surface area contributed by atoms with E-state index in [1.165, 1.54) is 7.11 Å². The number of aryl methyl sites for hydroxylation is 2. The summed E-state index contributed by atoms with van der Waals surface area (Å²) in [6.45, 7) is 3.67. The van der Waals surface area contributed by atoms with Crippen molar-refractivity contribution in [2.75, 3.05) is 7.11 Å². The Bertz CT molecular complexity index is 627. The number of pyridine rings is 1. The predicted octanol–water partition coefficient (Wildman–Crippen LogP) is 1.69. The summed E-state index contributed by atoms with van der Waals surface area (Å²) in [6.07, 6.45) is -0.676. The maximum Gasteiger partial charge on any atom is 0.430 e. The SMILES string of the molecule is COC(=O)n1sc2nc(C)cc(C)c2c1=O. The standard InChI is InChI=1S/C10H10N2O3S/c1-5-4-6(2)11-8-7(5)9(13)12(16-8)10(14)15-3/h4H,1-3H3. The summed E-state index contributed by atoms with van der Waals surface area (Å²) in [6, 6.07) is 1.82. The first-order valence-electron chi connectivity index (χ1n) is 4.63. The zero-order chi connectivity index (χ0) is 11.9. The van der Waals surface area contributed by atoms with Crippen LogP contribution in [0.1, 0.15) is 11.3 Å². The summed E-state index contributed by atoms with van der Waals surface area (Å²) in [7, 11) is 1.24. The fourth-order valence-corrected chi connectivity index (χ4v) is 2.58. The molecule has 0 aliphatic rings. The van der Waals surface area contributed by atoms with Gasteiger partial charge in [-0.1, -0.05) is 0 Å². The summed E-state index contributed by atoms with van der Waals surface area (Å²) in [5.41, 5.74) is 1.28. The van der Waals surface area contributed by atoms with Gasteiger partial charge in [-0.3, -0.25) is 4.79 Å². The Morgan fingerprint density at radius 3 is 2.81 bits per heavy atom. The van der Waals surface area contributed by atoms with Crippen LogP contribution in [-0.2, 0) is 4.74 Å². The van der Waals surface area contributed by atoms with E-state index < -0.39 is 6.09 Å². The Morgan fingerprint density at radius 1 is 1.50 bits per heavy atom. The van der Waals surface area contributed by atoms with Crippen LogP contribution in [-0.4, -0.2) is 22.1 Å². The number of fused-ring (bicyclic) bond motifs is 1. The van der Waals surface area contributed by atoms with E-state index in [9.17, 15) is 9.59 Å². The number of hydrogen-bond donors (Lipinski definition) is 0. The Labute approximate surface area is 95.4 Å². The second-order valence-electron chi connectivity index (χ2n) is 3.42. The van der Waals surface area contributed by atoms with E-state index in [0.29, 0.717) is 10.2 Å². The average Bonchev–Trinajstić information content (AvgIpc) is 2.54. The molecule has 0 spiro atoms. The van der Waals surface area contributed by atoms with Gasteiger partial charge in [0.15, 0.2) is 0 Å². The number of rotatable bonds is 0. The van der Waals surface area contributed by atoms with E-state index in [-0.39, 0.29) is 5.56 Å². The van der Waals surface area contributed by atoms with E-state index >= 15 is 0 Å². The van der Waals surface area contributed by atoms with Crippen molar-refractivity contribution in [1.82, 2.24) is 8.94 Å². The molecule has 84 valence electrons. The van der Waals surface area contributed by atoms with Crippen molar-refractivity contribution >= 4 is 27.8 Å². The number of methoxy groups -OCH3 is 1. The van der Waals surface area contributed by atoms with E-state index in [0.717, 1.165) is 26.7 Å². The van der Waals surface area contributed by atoms with Crippen LogP contribution in [0.3, 0.4) is 0 Å². The minimum absolute atomic E-state index is 0.364. The van der Waals surface area contributed by atoms with Gasteiger partial charge in [0, 0.05) is 5.69 Å². The van der Waals surface area contributed by atoms with Crippen molar-refractivity contribution in [3.63, 3.8) is 0 Å². The zero-order valence-electron chi connectivity index (χ0n) is 9.10. The van der Waals surface area contributed by atoms with Crippen molar-refractivity contribution in [3.8, 4) is 0 Å². The molecule has 2 aromatic heterocycles. The Hall–Kier alpha value is -1.69. The highest BCUT2D eigenvalue weighted by atomic mass is 32.1. The van der Waals surface area contributed by atoms with Gasteiger partial charge in [0.2, 0.25) is 0 Å². The van der Waals surface area contributed by atoms with Gasteiger partial charge in [0.05, 0.1) is 12.5 Å². The monoisotopic (exact) mass is 238 g/mol. The van der Waals surface area contributed by atoms with Crippen molar-refractivity contribution in [2.45, 2.75) is 13.8 Å². The van der Waals surface area contributed by atoms with E-state index in [4.69, 9.17) is 0 Å². The van der Waals surface area contributed by atoms with Gasteiger partial charge in [0.1, 0.15) is 4.83 Å². The topological polar surface area (TPSA) is 61.2 Å². The average molecular weight is 238 g/mol. The number of carbonyl (C=O) groups is 1. The van der Waals surface area contributed by atoms with Crippen LogP contribution in [0.4, 0.5) is 4.79 Å². The van der Waals surface area contributed by atoms with Gasteiger partial charge >= 0.3 is 6.09 Å². The van der Waals surface area contributed by atoms with E-state index in [1.54, 1.807) is 0 Å². The number of hydrogen-bond acceptors (Lipinski definition) is 5. The third kappa shape index (κ3) is 1.51. The van der Waals surface area contributed by atoms with E-state index in [2.05, 4.69) is 9.72 Å². The lowest BCUT2D eigenvalue weighted by molar-refractivity contribution is 0.175. The molecule has 0 aromatic carbocycles. The minimum Gasteiger partial charge on any atom is -0.452 e. The molecule has 6 heteroatoms. The normalized spacial score (nSPS) is 10.7. The lowest BCUT2D eigenvalue weighted by Gasteiger charge is -1.94. The second kappa shape index (κ2) is 3.71. The molecule has 0 unspecified atom stereocenters. The third-order valence-corrected chi connectivity index (χ3v) is 3.19. The fraction of sp³-hybridized carbons (Fsp3) is 0.300. The molecule has 2 aromatic rings. The predicted molar refractivity (Wildman–Crippen MR) is 61.2 cm³/mol. The molecule has 0 aliphatic carbocycles. The van der Waals surface area contributed by atoms with Crippen LogP contribution >= 0.6 is 11.5 Å². The third-order valence-electron chi connectivity index (χ3n) is 2.23. The summed E-state index contributed by atoms with van der Waals surface area (Å²) < 4.78 is 5.50. The molecule has 0 atom stereocenters. The Balaban J connectivity index is 2.83. The summed E-state index contributed by atoms with van der Waals surface area (Å²) in [4.78, 5) is 28.0. The fourth-order valence-electron chi connectivity index (χ4n) is 1.56. The smallest absolute Gasteiger partial charge is 0.430 e. The molecule has 0 saturated carbocycles. The van der Waals surface area contributed by atoms with Crippen LogP contribution in [0.2, 0.25) is 0 Å². The molecule has 2 rings (SSSR count). The molecule has 0 bridgehead atoms. The first-order chi connectivity index (χ1) is 7.54. The lowest BCUT2D eigenvalue weighted by atomic mass is 10.2. The van der Waals surface area contributed by atoms with Crippen LogP contribution < -0.4 is 5.56 Å². The molecule has 0 saturated heterocycles. The van der Waals surface area contributed by atoms with Crippen LogP contribution in [0.25, 0.3) is 10.2 Å². The van der Waals surface area contributed by atoms with Gasteiger partial charge in [-0.25, -0.2) is 9.78 Å². The van der Waals surface area contributed by atoms with Gasteiger partial charge in [0.25, 0.3) is 5.56 Å². The number of aromatic nitrogens is 2. The van der Waals surface area contributed by atoms with Crippen LogP contribution in [0.5, 0.6) is 0 Å². The lowest BCUT2D eigenvalue weighted by Crippen LogP contribution is -2.21. The van der Waals surface area contributed by atoms with Crippen LogP contribution in [0, 0.1) is 13.8 Å². The molecule has 0 fully saturated rings. The summed E-state index contributed by atoms with van der Waals surface area (Å²) in [5.74, 6) is 0. The number of nitrogens with zero attached hydrogens (tertiary/aromatic N) is 2. The highest BCUT2D eigenvalue weighted by molar-refractivity contribution is 7.14. The van der Waals surface area contributed by atoms with Crippen molar-refractivity contribution in [2.24, 2.45) is 0 Å². The highest BCUT2D eigenvalue weighted by Crippen LogP contribution is 2.18. The molecule has 5 nitrogen and oxygen atoms in total. The zero-order valence-corrected chi connectivity index (χ0v) is 9.92. The quantitative estimate of drug-likeness (QED) is 0.700. The van der Waals surface area contributed by atoms with Crippen molar-refractivity contribution < 1.29 is 9.53 Å². The van der Waals surface area contributed by atoms with Gasteiger partial charge in [-0.15, -0.1) is 0 Å². The summed E-state index contributed by atoms with van der Waals surface area (Å²) >= 11 is 1.00. The Kier molecular flexibility index (Phi) is 2.51. The highest BCUT2D eigenvalue weighted by Gasteiger charge is 2.16. The summed E-state index contributed by atoms with van der Waals surface area (Å²) in [5, 5.41) is 0.487. The largest absolute Gasteiger partial charge is 0.452 e.